The van der Waals surface area contributed by atoms with Gasteiger partial charge in [-0.1, -0.05) is 0 Å². The predicted molar refractivity (Wildman–Crippen MR) is 63.3 cm³/mol. The standard InChI is InChI=1S/C9H14N4O2S/c1-6(14)11-8(5-16)9(15)12-7-3-10-13(2)4-7/h3-4,8,16H,5H2,1-2H3,(H,11,14)(H,12,15). The summed E-state index contributed by atoms with van der Waals surface area (Å²) in [5, 5.41) is 9.05. The smallest absolute Gasteiger partial charge is 0.247 e. The van der Waals surface area contributed by atoms with E-state index in [9.17, 15) is 9.59 Å². The van der Waals surface area contributed by atoms with Crippen molar-refractivity contribution in [2.24, 2.45) is 7.05 Å². The van der Waals surface area contributed by atoms with Crippen LogP contribution in [-0.2, 0) is 16.6 Å². The Morgan fingerprint density at radius 2 is 2.31 bits per heavy atom. The van der Waals surface area contributed by atoms with Gasteiger partial charge >= 0.3 is 0 Å². The van der Waals surface area contributed by atoms with Crippen LogP contribution in [0, 0.1) is 0 Å². The molecule has 0 aliphatic carbocycles. The van der Waals surface area contributed by atoms with Crippen LogP contribution in [0.4, 0.5) is 5.69 Å². The highest BCUT2D eigenvalue weighted by atomic mass is 32.1. The molecule has 1 rings (SSSR count). The van der Waals surface area contributed by atoms with Crippen LogP contribution in [0.1, 0.15) is 6.92 Å². The second-order valence-electron chi connectivity index (χ2n) is 3.33. The van der Waals surface area contributed by atoms with E-state index < -0.39 is 6.04 Å². The van der Waals surface area contributed by atoms with E-state index in [4.69, 9.17) is 0 Å². The maximum Gasteiger partial charge on any atom is 0.247 e. The minimum absolute atomic E-state index is 0.242. The van der Waals surface area contributed by atoms with Gasteiger partial charge in [-0.05, 0) is 0 Å². The molecule has 0 fully saturated rings. The first-order valence-corrected chi connectivity index (χ1v) is 5.33. The lowest BCUT2D eigenvalue weighted by Gasteiger charge is -2.14. The number of thiol groups is 1. The summed E-state index contributed by atoms with van der Waals surface area (Å²) in [5.41, 5.74) is 0.588. The van der Waals surface area contributed by atoms with E-state index in [1.807, 2.05) is 0 Å². The molecule has 1 heterocycles. The number of amides is 2. The number of nitrogens with zero attached hydrogens (tertiary/aromatic N) is 2. The highest BCUT2D eigenvalue weighted by Gasteiger charge is 2.17. The average Bonchev–Trinajstić information content (AvgIpc) is 2.60. The maximum atomic E-state index is 11.7. The van der Waals surface area contributed by atoms with Crippen LogP contribution >= 0.6 is 12.6 Å². The normalized spacial score (nSPS) is 11.9. The molecule has 2 N–H and O–H groups in total. The molecule has 1 aromatic rings. The van der Waals surface area contributed by atoms with Gasteiger partial charge in [0, 0.05) is 25.9 Å². The fraction of sp³-hybridized carbons (Fsp3) is 0.444. The second-order valence-corrected chi connectivity index (χ2v) is 3.69. The molecular formula is C9H14N4O2S. The number of hydrogen-bond donors (Lipinski definition) is 3. The summed E-state index contributed by atoms with van der Waals surface area (Å²) >= 11 is 4.00. The quantitative estimate of drug-likeness (QED) is 0.640. The second kappa shape index (κ2) is 5.55. The van der Waals surface area contributed by atoms with Crippen LogP contribution in [0.25, 0.3) is 0 Å². The third-order valence-electron chi connectivity index (χ3n) is 1.85. The molecule has 0 aromatic carbocycles. The Morgan fingerprint density at radius 1 is 1.62 bits per heavy atom. The third-order valence-corrected chi connectivity index (χ3v) is 2.21. The van der Waals surface area contributed by atoms with Crippen LogP contribution in [0.5, 0.6) is 0 Å². The van der Waals surface area contributed by atoms with E-state index in [0.29, 0.717) is 5.69 Å². The Morgan fingerprint density at radius 3 is 2.75 bits per heavy atom. The molecule has 1 aromatic heterocycles. The van der Waals surface area contributed by atoms with E-state index in [1.165, 1.54) is 13.1 Å². The number of carbonyl (C=O) groups is 2. The summed E-state index contributed by atoms with van der Waals surface area (Å²) in [4.78, 5) is 22.5. The molecule has 0 saturated heterocycles. The molecule has 88 valence electrons. The fourth-order valence-electron chi connectivity index (χ4n) is 1.15. The van der Waals surface area contributed by atoms with Crippen LogP contribution in [0.15, 0.2) is 12.4 Å². The van der Waals surface area contributed by atoms with E-state index in [2.05, 4.69) is 28.4 Å². The number of anilines is 1. The average molecular weight is 242 g/mol. The Labute approximate surface area is 98.8 Å². The largest absolute Gasteiger partial charge is 0.344 e. The van der Waals surface area contributed by atoms with Crippen molar-refractivity contribution >= 4 is 30.1 Å². The summed E-state index contributed by atoms with van der Waals surface area (Å²) in [7, 11) is 1.75. The highest BCUT2D eigenvalue weighted by Crippen LogP contribution is 2.04. The number of aromatic nitrogens is 2. The lowest BCUT2D eigenvalue weighted by molar-refractivity contribution is -0.124. The van der Waals surface area contributed by atoms with Crippen molar-refractivity contribution in [2.45, 2.75) is 13.0 Å². The van der Waals surface area contributed by atoms with Crippen LogP contribution < -0.4 is 10.6 Å². The minimum Gasteiger partial charge on any atom is -0.344 e. The van der Waals surface area contributed by atoms with Crippen molar-refractivity contribution in [3.63, 3.8) is 0 Å². The zero-order valence-corrected chi connectivity index (χ0v) is 9.99. The van der Waals surface area contributed by atoms with Crippen LogP contribution in [0.3, 0.4) is 0 Å². The molecule has 6 nitrogen and oxygen atoms in total. The van der Waals surface area contributed by atoms with Gasteiger partial charge in [-0.3, -0.25) is 14.3 Å². The molecule has 0 spiro atoms. The van der Waals surface area contributed by atoms with Crippen LogP contribution in [0.2, 0.25) is 0 Å². The van der Waals surface area contributed by atoms with Gasteiger partial charge in [-0.15, -0.1) is 0 Å². The van der Waals surface area contributed by atoms with Gasteiger partial charge in [0.1, 0.15) is 6.04 Å². The fourth-order valence-corrected chi connectivity index (χ4v) is 1.41. The first-order chi connectivity index (χ1) is 7.52. The Bertz CT molecular complexity index is 391. The van der Waals surface area contributed by atoms with Crippen molar-refractivity contribution in [1.82, 2.24) is 15.1 Å². The van der Waals surface area contributed by atoms with Gasteiger partial charge in [0.25, 0.3) is 0 Å². The van der Waals surface area contributed by atoms with Gasteiger partial charge in [-0.2, -0.15) is 17.7 Å². The van der Waals surface area contributed by atoms with Gasteiger partial charge < -0.3 is 10.6 Å². The molecular weight excluding hydrogens is 228 g/mol. The van der Waals surface area contributed by atoms with E-state index >= 15 is 0 Å². The summed E-state index contributed by atoms with van der Waals surface area (Å²) in [6, 6.07) is -0.638. The number of aryl methyl sites for hydroxylation is 1. The Hall–Kier alpha value is -1.50. The molecule has 0 aliphatic heterocycles. The number of hydrogen-bond acceptors (Lipinski definition) is 4. The Kier molecular flexibility index (Phi) is 4.36. The molecule has 0 bridgehead atoms. The van der Waals surface area contributed by atoms with Gasteiger partial charge in [0.15, 0.2) is 0 Å². The number of carbonyl (C=O) groups excluding carboxylic acids is 2. The molecule has 0 aliphatic rings. The summed E-state index contributed by atoms with van der Waals surface area (Å²) in [6.07, 6.45) is 3.20. The van der Waals surface area contributed by atoms with Crippen molar-refractivity contribution in [3.05, 3.63) is 12.4 Å². The predicted octanol–water partition coefficient (Wildman–Crippen LogP) is -0.207. The minimum atomic E-state index is -0.638. The molecule has 16 heavy (non-hydrogen) atoms. The zero-order valence-electron chi connectivity index (χ0n) is 9.10. The van der Waals surface area contributed by atoms with Crippen molar-refractivity contribution in [1.29, 1.82) is 0 Å². The lowest BCUT2D eigenvalue weighted by Crippen LogP contribution is -2.44. The SMILES string of the molecule is CC(=O)NC(CS)C(=O)Nc1cnn(C)c1. The van der Waals surface area contributed by atoms with Crippen molar-refractivity contribution in [3.8, 4) is 0 Å². The van der Waals surface area contributed by atoms with E-state index in [-0.39, 0.29) is 17.6 Å². The molecule has 1 atom stereocenters. The summed E-state index contributed by atoms with van der Waals surface area (Å²) in [5.74, 6) is -0.329. The lowest BCUT2D eigenvalue weighted by atomic mass is 10.3. The van der Waals surface area contributed by atoms with Crippen molar-refractivity contribution in [2.75, 3.05) is 11.1 Å². The summed E-state index contributed by atoms with van der Waals surface area (Å²) < 4.78 is 1.57. The molecule has 7 heteroatoms. The zero-order chi connectivity index (χ0) is 12.1. The van der Waals surface area contributed by atoms with Crippen molar-refractivity contribution < 1.29 is 9.59 Å². The summed E-state index contributed by atoms with van der Waals surface area (Å²) in [6.45, 7) is 1.35. The first-order valence-electron chi connectivity index (χ1n) is 4.70. The topological polar surface area (TPSA) is 76.0 Å². The first kappa shape index (κ1) is 12.6. The molecule has 0 radical (unpaired) electrons. The monoisotopic (exact) mass is 242 g/mol. The van der Waals surface area contributed by atoms with E-state index in [0.717, 1.165) is 0 Å². The molecule has 1 unspecified atom stereocenters. The third kappa shape index (κ3) is 3.58. The molecule has 2 amide bonds. The van der Waals surface area contributed by atoms with Gasteiger partial charge in [0.05, 0.1) is 11.9 Å². The maximum absolute atomic E-state index is 11.7. The Balaban J connectivity index is 2.59. The molecule has 0 saturated carbocycles. The van der Waals surface area contributed by atoms with Gasteiger partial charge in [-0.25, -0.2) is 0 Å². The van der Waals surface area contributed by atoms with Gasteiger partial charge in [0.2, 0.25) is 11.8 Å². The number of nitrogens with one attached hydrogen (secondary N) is 2. The van der Waals surface area contributed by atoms with Crippen LogP contribution in [-0.4, -0.2) is 33.4 Å². The van der Waals surface area contributed by atoms with E-state index in [1.54, 1.807) is 17.9 Å². The highest BCUT2D eigenvalue weighted by molar-refractivity contribution is 7.80. The number of rotatable bonds is 4.